The summed E-state index contributed by atoms with van der Waals surface area (Å²) in [6.07, 6.45) is 4.14. The molecule has 0 saturated carbocycles. The topological polar surface area (TPSA) is 89.5 Å². The highest BCUT2D eigenvalue weighted by Gasteiger charge is 2.36. The number of esters is 1. The summed E-state index contributed by atoms with van der Waals surface area (Å²) in [7, 11) is -3.15. The van der Waals surface area contributed by atoms with Crippen LogP contribution in [0.5, 0.6) is 0 Å². The van der Waals surface area contributed by atoms with E-state index >= 15 is 0 Å². The molecule has 0 bridgehead atoms. The van der Waals surface area contributed by atoms with E-state index in [4.69, 9.17) is 4.74 Å². The maximum atomic E-state index is 12.9. The van der Waals surface area contributed by atoms with Crippen LogP contribution < -0.4 is 5.32 Å². The van der Waals surface area contributed by atoms with Crippen LogP contribution in [0.1, 0.15) is 67.8 Å². The van der Waals surface area contributed by atoms with E-state index in [0.717, 1.165) is 36.1 Å². The van der Waals surface area contributed by atoms with Crippen LogP contribution in [0.4, 0.5) is 5.00 Å². The van der Waals surface area contributed by atoms with Gasteiger partial charge >= 0.3 is 5.97 Å². The maximum Gasteiger partial charge on any atom is 0.341 e. The minimum Gasteiger partial charge on any atom is -0.456 e. The second-order valence-corrected chi connectivity index (χ2v) is 12.1. The molecule has 1 N–H and O–H groups in total. The molecule has 2 atom stereocenters. The number of rotatable bonds is 4. The number of hydrogen-bond donors (Lipinski definition) is 1. The number of amides is 1. The molecule has 3 rings (SSSR count). The number of anilines is 1. The van der Waals surface area contributed by atoms with Crippen molar-refractivity contribution in [2.24, 2.45) is 11.8 Å². The van der Waals surface area contributed by atoms with Crippen molar-refractivity contribution in [3.05, 3.63) is 16.0 Å². The third kappa shape index (κ3) is 4.76. The van der Waals surface area contributed by atoms with Crippen LogP contribution >= 0.6 is 11.3 Å². The minimum absolute atomic E-state index is 0.0448. The fraction of sp³-hybridized carbons (Fsp3) is 0.700. The quantitative estimate of drug-likeness (QED) is 0.742. The monoisotopic (exact) mass is 427 g/mol. The first kappa shape index (κ1) is 21.3. The zero-order valence-electron chi connectivity index (χ0n) is 17.0. The molecule has 1 aliphatic carbocycles. The number of carbonyl (C=O) groups is 2. The number of thiophene rings is 1. The number of carbonyl (C=O) groups excluding carboxylic acids is 2. The molecule has 0 aromatic carbocycles. The van der Waals surface area contributed by atoms with E-state index in [0.29, 0.717) is 22.9 Å². The maximum absolute atomic E-state index is 12.9. The summed E-state index contributed by atoms with van der Waals surface area (Å²) < 4.78 is 29.0. The van der Waals surface area contributed by atoms with E-state index < -0.39 is 27.3 Å². The van der Waals surface area contributed by atoms with Crippen molar-refractivity contribution in [2.45, 2.75) is 65.4 Å². The van der Waals surface area contributed by atoms with Gasteiger partial charge in [-0.25, -0.2) is 13.2 Å². The van der Waals surface area contributed by atoms with Gasteiger partial charge < -0.3 is 10.1 Å². The zero-order chi connectivity index (χ0) is 20.7. The Morgan fingerprint density at radius 2 is 1.96 bits per heavy atom. The summed E-state index contributed by atoms with van der Waals surface area (Å²) in [5.41, 5.74) is 0.810. The van der Waals surface area contributed by atoms with Crippen LogP contribution in [0.25, 0.3) is 0 Å². The van der Waals surface area contributed by atoms with Crippen molar-refractivity contribution in [3.8, 4) is 0 Å². The summed E-state index contributed by atoms with van der Waals surface area (Å²) in [5.74, 6) is -0.793. The van der Waals surface area contributed by atoms with Crippen molar-refractivity contribution >= 4 is 38.1 Å². The first-order valence-electron chi connectivity index (χ1n) is 9.88. The van der Waals surface area contributed by atoms with Gasteiger partial charge in [-0.2, -0.15) is 0 Å². The Hall–Kier alpha value is -1.41. The number of hydrogen-bond acceptors (Lipinski definition) is 6. The van der Waals surface area contributed by atoms with Crippen molar-refractivity contribution in [1.29, 1.82) is 0 Å². The lowest BCUT2D eigenvalue weighted by Gasteiger charge is -2.23. The van der Waals surface area contributed by atoms with Crippen molar-refractivity contribution in [3.63, 3.8) is 0 Å². The molecule has 2 aliphatic rings. The van der Waals surface area contributed by atoms with Gasteiger partial charge in [0.05, 0.1) is 23.0 Å². The fourth-order valence-corrected chi connectivity index (χ4v) is 6.95. The van der Waals surface area contributed by atoms with Crippen LogP contribution in [0.2, 0.25) is 0 Å². The first-order valence-corrected chi connectivity index (χ1v) is 12.5. The van der Waals surface area contributed by atoms with Gasteiger partial charge in [0, 0.05) is 4.88 Å². The summed E-state index contributed by atoms with van der Waals surface area (Å²) >= 11 is 1.44. The Morgan fingerprint density at radius 3 is 2.54 bits per heavy atom. The highest BCUT2D eigenvalue weighted by molar-refractivity contribution is 7.91. The lowest BCUT2D eigenvalue weighted by molar-refractivity contribution is -0.119. The molecule has 2 heterocycles. The molecule has 6 nitrogen and oxygen atoms in total. The zero-order valence-corrected chi connectivity index (χ0v) is 18.6. The average molecular weight is 428 g/mol. The lowest BCUT2D eigenvalue weighted by atomic mass is 9.85. The minimum atomic E-state index is -3.15. The molecule has 0 radical (unpaired) electrons. The largest absolute Gasteiger partial charge is 0.456 e. The van der Waals surface area contributed by atoms with Gasteiger partial charge in [0.15, 0.2) is 9.84 Å². The normalized spacial score (nSPS) is 23.9. The lowest BCUT2D eigenvalue weighted by Crippen LogP contribution is -2.27. The van der Waals surface area contributed by atoms with Crippen LogP contribution in [-0.4, -0.2) is 37.4 Å². The number of nitrogens with one attached hydrogen (secondary N) is 1. The van der Waals surface area contributed by atoms with Crippen molar-refractivity contribution in [2.75, 3.05) is 16.8 Å². The third-order valence-electron chi connectivity index (χ3n) is 5.39. The van der Waals surface area contributed by atoms with Gasteiger partial charge in [-0.05, 0) is 57.9 Å². The van der Waals surface area contributed by atoms with Gasteiger partial charge in [0.2, 0.25) is 5.91 Å². The van der Waals surface area contributed by atoms with Gasteiger partial charge in [-0.15, -0.1) is 11.3 Å². The van der Waals surface area contributed by atoms with Crippen LogP contribution in [0, 0.1) is 11.8 Å². The Morgan fingerprint density at radius 1 is 1.25 bits per heavy atom. The molecule has 1 aliphatic heterocycles. The standard InChI is InChI=1S/C20H29NO5S2/c1-5-12-6-7-14-15(10-12)27-18(16(14)19(23)26-20(2,3)4)21-17(22)13-8-9-28(24,25)11-13/h12-13H,5-11H2,1-4H3,(H,21,22)/t12-,13-/m1/s1. The Bertz CT molecular complexity index is 879. The van der Waals surface area contributed by atoms with Crippen LogP contribution in [-0.2, 0) is 32.2 Å². The van der Waals surface area contributed by atoms with Gasteiger partial charge in [-0.3, -0.25) is 4.79 Å². The molecule has 0 unspecified atom stereocenters. The van der Waals surface area contributed by atoms with Crippen molar-refractivity contribution in [1.82, 2.24) is 0 Å². The Kier molecular flexibility index (Phi) is 5.92. The average Bonchev–Trinajstić information content (AvgIpc) is 3.11. The molecule has 1 amide bonds. The molecule has 8 heteroatoms. The van der Waals surface area contributed by atoms with E-state index in [1.807, 2.05) is 20.8 Å². The fourth-order valence-electron chi connectivity index (χ4n) is 3.85. The van der Waals surface area contributed by atoms with E-state index in [1.165, 1.54) is 11.3 Å². The molecular weight excluding hydrogens is 398 g/mol. The van der Waals surface area contributed by atoms with Crippen LogP contribution in [0.3, 0.4) is 0 Å². The summed E-state index contributed by atoms with van der Waals surface area (Å²) in [4.78, 5) is 26.7. The predicted octanol–water partition coefficient (Wildman–Crippen LogP) is 3.59. The molecule has 156 valence electrons. The van der Waals surface area contributed by atoms with E-state index in [1.54, 1.807) is 0 Å². The highest BCUT2D eigenvalue weighted by atomic mass is 32.2. The Labute approximate surface area is 171 Å². The second kappa shape index (κ2) is 7.78. The number of sulfone groups is 1. The van der Waals surface area contributed by atoms with Crippen LogP contribution in [0.15, 0.2) is 0 Å². The SMILES string of the molecule is CC[C@@H]1CCc2c(sc(NC(=O)[C@@H]3CCS(=O)(=O)C3)c2C(=O)OC(C)(C)C)C1. The van der Waals surface area contributed by atoms with E-state index in [2.05, 4.69) is 12.2 Å². The van der Waals surface area contributed by atoms with Gasteiger partial charge in [0.1, 0.15) is 10.6 Å². The van der Waals surface area contributed by atoms with Gasteiger partial charge in [-0.1, -0.05) is 13.3 Å². The molecule has 0 spiro atoms. The Balaban J connectivity index is 1.90. The number of fused-ring (bicyclic) bond motifs is 1. The smallest absolute Gasteiger partial charge is 0.341 e. The first-order chi connectivity index (χ1) is 13.0. The van der Waals surface area contributed by atoms with E-state index in [9.17, 15) is 18.0 Å². The second-order valence-electron chi connectivity index (χ2n) is 8.82. The highest BCUT2D eigenvalue weighted by Crippen LogP contribution is 2.41. The molecule has 1 saturated heterocycles. The molecule has 1 aromatic rings. The number of ether oxygens (including phenoxy) is 1. The van der Waals surface area contributed by atoms with Crippen molar-refractivity contribution < 1.29 is 22.7 Å². The third-order valence-corrected chi connectivity index (χ3v) is 8.33. The summed E-state index contributed by atoms with van der Waals surface area (Å²) in [5, 5.41) is 3.37. The van der Waals surface area contributed by atoms with E-state index in [-0.39, 0.29) is 17.4 Å². The molecule has 28 heavy (non-hydrogen) atoms. The molecular formula is C20H29NO5S2. The molecule has 1 fully saturated rings. The summed E-state index contributed by atoms with van der Waals surface area (Å²) in [6, 6.07) is 0. The summed E-state index contributed by atoms with van der Waals surface area (Å²) in [6.45, 7) is 7.62. The molecule has 1 aromatic heterocycles. The van der Waals surface area contributed by atoms with Gasteiger partial charge in [0.25, 0.3) is 0 Å². The predicted molar refractivity (Wildman–Crippen MR) is 111 cm³/mol.